The van der Waals surface area contributed by atoms with Crippen LogP contribution in [0.15, 0.2) is 24.3 Å². The molecule has 132 valence electrons. The summed E-state index contributed by atoms with van der Waals surface area (Å²) in [5, 5.41) is 24.3. The van der Waals surface area contributed by atoms with Gasteiger partial charge in [0.1, 0.15) is 10.8 Å². The molecule has 1 fully saturated rings. The maximum atomic E-state index is 12.3. The van der Waals surface area contributed by atoms with Crippen LogP contribution in [-0.4, -0.2) is 46.9 Å². The third-order valence-electron chi connectivity index (χ3n) is 3.83. The molecule has 8 nitrogen and oxygen atoms in total. The number of benzene rings is 1. The molecular formula is C16H18N4O4S. The number of piperidine rings is 1. The molecule has 0 bridgehead atoms. The Morgan fingerprint density at radius 2 is 1.96 bits per heavy atom. The SMILES string of the molecule is O=C(O)COc1ccc(C(=O)Nc2nnc(C3CCNCC3)s2)cc1. The van der Waals surface area contributed by atoms with Crippen LogP contribution in [0.5, 0.6) is 5.75 Å². The lowest BCUT2D eigenvalue weighted by Crippen LogP contribution is -2.26. The number of carbonyl (C=O) groups excluding carboxylic acids is 1. The van der Waals surface area contributed by atoms with Crippen LogP contribution in [0.3, 0.4) is 0 Å². The van der Waals surface area contributed by atoms with Gasteiger partial charge >= 0.3 is 5.97 Å². The lowest BCUT2D eigenvalue weighted by atomic mass is 9.99. The molecule has 2 aromatic rings. The van der Waals surface area contributed by atoms with Crippen molar-refractivity contribution < 1.29 is 19.4 Å². The molecule has 3 N–H and O–H groups in total. The van der Waals surface area contributed by atoms with Gasteiger partial charge in [0.2, 0.25) is 5.13 Å². The number of carbonyl (C=O) groups is 2. The minimum atomic E-state index is -1.05. The van der Waals surface area contributed by atoms with Crippen molar-refractivity contribution in [3.8, 4) is 5.75 Å². The van der Waals surface area contributed by atoms with E-state index in [4.69, 9.17) is 9.84 Å². The lowest BCUT2D eigenvalue weighted by molar-refractivity contribution is -0.139. The molecule has 9 heteroatoms. The molecule has 1 aromatic carbocycles. The van der Waals surface area contributed by atoms with E-state index in [2.05, 4.69) is 20.8 Å². The zero-order chi connectivity index (χ0) is 17.6. The summed E-state index contributed by atoms with van der Waals surface area (Å²) >= 11 is 1.40. The Bertz CT molecular complexity index is 741. The fraction of sp³-hybridized carbons (Fsp3) is 0.375. The summed E-state index contributed by atoms with van der Waals surface area (Å²) in [5.41, 5.74) is 0.432. The predicted octanol–water partition coefficient (Wildman–Crippen LogP) is 1.72. The molecule has 1 amide bonds. The molecule has 3 rings (SSSR count). The summed E-state index contributed by atoms with van der Waals surface area (Å²) < 4.78 is 5.03. The maximum Gasteiger partial charge on any atom is 0.341 e. The van der Waals surface area contributed by atoms with E-state index in [9.17, 15) is 9.59 Å². The summed E-state index contributed by atoms with van der Waals surface area (Å²) in [4.78, 5) is 22.7. The summed E-state index contributed by atoms with van der Waals surface area (Å²) in [5.74, 6) is -0.557. The number of aromatic nitrogens is 2. The number of hydrogen-bond donors (Lipinski definition) is 3. The van der Waals surface area contributed by atoms with E-state index in [1.165, 1.54) is 11.3 Å². The van der Waals surface area contributed by atoms with Gasteiger partial charge in [0.25, 0.3) is 5.91 Å². The fourth-order valence-electron chi connectivity index (χ4n) is 2.54. The smallest absolute Gasteiger partial charge is 0.341 e. The van der Waals surface area contributed by atoms with Crippen LogP contribution in [0.2, 0.25) is 0 Å². The van der Waals surface area contributed by atoms with Crippen LogP contribution >= 0.6 is 11.3 Å². The number of amides is 1. The largest absolute Gasteiger partial charge is 0.482 e. The van der Waals surface area contributed by atoms with Gasteiger partial charge in [-0.15, -0.1) is 10.2 Å². The van der Waals surface area contributed by atoms with Crippen molar-refractivity contribution >= 4 is 28.3 Å². The van der Waals surface area contributed by atoms with Crippen molar-refractivity contribution in [2.75, 3.05) is 25.0 Å². The van der Waals surface area contributed by atoms with E-state index < -0.39 is 12.6 Å². The average Bonchev–Trinajstić information content (AvgIpc) is 3.09. The third-order valence-corrected chi connectivity index (χ3v) is 4.83. The third kappa shape index (κ3) is 4.74. The number of carboxylic acids is 1. The molecule has 0 unspecified atom stereocenters. The normalized spacial score (nSPS) is 14.9. The minimum absolute atomic E-state index is 0.294. The zero-order valence-corrected chi connectivity index (χ0v) is 14.2. The molecule has 25 heavy (non-hydrogen) atoms. The van der Waals surface area contributed by atoms with Crippen LogP contribution in [0, 0.1) is 0 Å². The van der Waals surface area contributed by atoms with E-state index in [0.29, 0.717) is 22.4 Å². The van der Waals surface area contributed by atoms with E-state index in [0.717, 1.165) is 30.9 Å². The topological polar surface area (TPSA) is 113 Å². The summed E-state index contributed by atoms with van der Waals surface area (Å²) in [6.07, 6.45) is 2.06. The molecule has 1 aromatic heterocycles. The summed E-state index contributed by atoms with van der Waals surface area (Å²) in [6.45, 7) is 1.53. The van der Waals surface area contributed by atoms with Gasteiger partial charge in [-0.25, -0.2) is 4.79 Å². The number of hydrogen-bond acceptors (Lipinski definition) is 7. The van der Waals surface area contributed by atoms with E-state index in [1.807, 2.05) is 0 Å². The molecule has 0 saturated carbocycles. The lowest BCUT2D eigenvalue weighted by Gasteiger charge is -2.19. The number of anilines is 1. The molecule has 0 atom stereocenters. The van der Waals surface area contributed by atoms with Gasteiger partial charge in [-0.1, -0.05) is 11.3 Å². The van der Waals surface area contributed by atoms with Gasteiger partial charge in [0.15, 0.2) is 6.61 Å². The molecule has 1 aliphatic heterocycles. The Labute approximate surface area is 148 Å². The van der Waals surface area contributed by atoms with E-state index >= 15 is 0 Å². The predicted molar refractivity (Wildman–Crippen MR) is 92.3 cm³/mol. The highest BCUT2D eigenvalue weighted by molar-refractivity contribution is 7.15. The highest BCUT2D eigenvalue weighted by Gasteiger charge is 2.20. The van der Waals surface area contributed by atoms with Crippen LogP contribution in [0.1, 0.15) is 34.1 Å². The number of ether oxygens (including phenoxy) is 1. The van der Waals surface area contributed by atoms with Crippen molar-refractivity contribution in [3.05, 3.63) is 34.8 Å². The second kappa shape index (κ2) is 8.04. The Hall–Kier alpha value is -2.52. The van der Waals surface area contributed by atoms with Crippen LogP contribution < -0.4 is 15.4 Å². The number of carboxylic acid groups (broad SMARTS) is 1. The molecule has 2 heterocycles. The molecule has 1 aliphatic rings. The first-order valence-corrected chi connectivity index (χ1v) is 8.73. The van der Waals surface area contributed by atoms with Gasteiger partial charge in [0.05, 0.1) is 0 Å². The summed E-state index contributed by atoms with van der Waals surface area (Å²) in [7, 11) is 0. The highest BCUT2D eigenvalue weighted by Crippen LogP contribution is 2.29. The molecule has 0 aliphatic carbocycles. The zero-order valence-electron chi connectivity index (χ0n) is 13.4. The van der Waals surface area contributed by atoms with Crippen molar-refractivity contribution in [3.63, 3.8) is 0 Å². The second-order valence-corrected chi connectivity index (χ2v) is 6.64. The molecule has 0 spiro atoms. The van der Waals surface area contributed by atoms with Crippen molar-refractivity contribution in [2.24, 2.45) is 0 Å². The van der Waals surface area contributed by atoms with Crippen molar-refractivity contribution in [2.45, 2.75) is 18.8 Å². The Morgan fingerprint density at radius 3 is 2.64 bits per heavy atom. The monoisotopic (exact) mass is 362 g/mol. The molecule has 1 saturated heterocycles. The highest BCUT2D eigenvalue weighted by atomic mass is 32.1. The number of aliphatic carboxylic acids is 1. The first-order chi connectivity index (χ1) is 12.1. The number of nitrogens with one attached hydrogen (secondary N) is 2. The van der Waals surface area contributed by atoms with E-state index in [-0.39, 0.29) is 5.91 Å². The van der Waals surface area contributed by atoms with Gasteiger partial charge in [-0.3, -0.25) is 10.1 Å². The van der Waals surface area contributed by atoms with Crippen LogP contribution in [0.25, 0.3) is 0 Å². The Balaban J connectivity index is 1.58. The number of rotatable bonds is 6. The number of nitrogens with zero attached hydrogens (tertiary/aromatic N) is 2. The first kappa shape index (κ1) is 17.3. The Kier molecular flexibility index (Phi) is 5.56. The van der Waals surface area contributed by atoms with Crippen molar-refractivity contribution in [1.29, 1.82) is 0 Å². The van der Waals surface area contributed by atoms with Crippen LogP contribution in [-0.2, 0) is 4.79 Å². The quantitative estimate of drug-likeness (QED) is 0.717. The average molecular weight is 362 g/mol. The molecule has 0 radical (unpaired) electrons. The van der Waals surface area contributed by atoms with Gasteiger partial charge in [-0.2, -0.15) is 0 Å². The fourth-order valence-corrected chi connectivity index (χ4v) is 3.44. The Morgan fingerprint density at radius 1 is 1.24 bits per heavy atom. The second-order valence-electron chi connectivity index (χ2n) is 5.63. The minimum Gasteiger partial charge on any atom is -0.482 e. The van der Waals surface area contributed by atoms with E-state index in [1.54, 1.807) is 24.3 Å². The van der Waals surface area contributed by atoms with Crippen LogP contribution in [0.4, 0.5) is 5.13 Å². The standard InChI is InChI=1S/C16H18N4O4S/c21-13(22)9-24-12-3-1-10(2-4-12)14(23)18-16-20-19-15(25-16)11-5-7-17-8-6-11/h1-4,11,17H,5-9H2,(H,21,22)(H,18,20,23). The summed E-state index contributed by atoms with van der Waals surface area (Å²) in [6, 6.07) is 6.25. The van der Waals surface area contributed by atoms with Gasteiger partial charge in [-0.05, 0) is 50.2 Å². The molecular weight excluding hydrogens is 344 g/mol. The first-order valence-electron chi connectivity index (χ1n) is 7.92. The van der Waals surface area contributed by atoms with Crippen molar-refractivity contribution in [1.82, 2.24) is 15.5 Å². The van der Waals surface area contributed by atoms with Gasteiger partial charge in [0, 0.05) is 11.5 Å². The maximum absolute atomic E-state index is 12.3. The van der Waals surface area contributed by atoms with Gasteiger partial charge < -0.3 is 15.2 Å².